The normalized spacial score (nSPS) is 11.1. The van der Waals surface area contributed by atoms with Gasteiger partial charge in [0.15, 0.2) is 11.6 Å². The van der Waals surface area contributed by atoms with Gasteiger partial charge in [0, 0.05) is 5.88 Å². The standard InChI is InChI=1S/C12H9ClN2O/c13-7-8-3-4-9-10(6-8)15-12(14-9)11-2-1-5-16-11/h1-6H,7H2,(H,14,15). The minimum absolute atomic E-state index is 0.505. The number of furan rings is 1. The smallest absolute Gasteiger partial charge is 0.174 e. The third kappa shape index (κ3) is 1.49. The van der Waals surface area contributed by atoms with Gasteiger partial charge in [-0.2, -0.15) is 0 Å². The topological polar surface area (TPSA) is 41.8 Å². The Kier molecular flexibility index (Phi) is 2.18. The third-order valence-electron chi connectivity index (χ3n) is 2.46. The number of imidazole rings is 1. The predicted octanol–water partition coefficient (Wildman–Crippen LogP) is 3.56. The lowest BCUT2D eigenvalue weighted by Gasteiger charge is -1.92. The molecule has 80 valence electrons. The SMILES string of the molecule is ClCc1ccc2nc(-c3ccco3)[nH]c2c1. The van der Waals surface area contributed by atoms with Crippen molar-refractivity contribution in [2.24, 2.45) is 0 Å². The van der Waals surface area contributed by atoms with Crippen LogP contribution in [0.4, 0.5) is 0 Å². The molecule has 0 unspecified atom stereocenters. The number of nitrogens with zero attached hydrogens (tertiary/aromatic N) is 1. The van der Waals surface area contributed by atoms with Crippen LogP contribution in [0, 0.1) is 0 Å². The molecule has 0 saturated carbocycles. The van der Waals surface area contributed by atoms with Crippen molar-refractivity contribution in [3.05, 3.63) is 42.2 Å². The lowest BCUT2D eigenvalue weighted by atomic mass is 10.2. The Morgan fingerprint density at radius 3 is 3.00 bits per heavy atom. The largest absolute Gasteiger partial charge is 0.461 e. The average Bonchev–Trinajstić information content (AvgIpc) is 2.96. The van der Waals surface area contributed by atoms with E-state index in [-0.39, 0.29) is 0 Å². The first-order chi connectivity index (χ1) is 7.86. The van der Waals surface area contributed by atoms with E-state index in [9.17, 15) is 0 Å². The van der Waals surface area contributed by atoms with E-state index in [1.54, 1.807) is 6.26 Å². The lowest BCUT2D eigenvalue weighted by molar-refractivity contribution is 0.578. The van der Waals surface area contributed by atoms with Crippen LogP contribution >= 0.6 is 11.6 Å². The summed E-state index contributed by atoms with van der Waals surface area (Å²) < 4.78 is 5.29. The van der Waals surface area contributed by atoms with Gasteiger partial charge in [0.25, 0.3) is 0 Å². The van der Waals surface area contributed by atoms with Gasteiger partial charge in [-0.25, -0.2) is 4.98 Å². The summed E-state index contributed by atoms with van der Waals surface area (Å²) in [5, 5.41) is 0. The van der Waals surface area contributed by atoms with Gasteiger partial charge in [-0.1, -0.05) is 6.07 Å². The van der Waals surface area contributed by atoms with Crippen LogP contribution in [-0.2, 0) is 5.88 Å². The molecule has 0 aliphatic rings. The predicted molar refractivity (Wildman–Crippen MR) is 63.4 cm³/mol. The summed E-state index contributed by atoms with van der Waals surface area (Å²) in [7, 11) is 0. The molecule has 0 saturated heterocycles. The van der Waals surface area contributed by atoms with Crippen molar-refractivity contribution in [1.29, 1.82) is 0 Å². The highest BCUT2D eigenvalue weighted by atomic mass is 35.5. The van der Waals surface area contributed by atoms with Gasteiger partial charge in [-0.15, -0.1) is 11.6 Å². The summed E-state index contributed by atoms with van der Waals surface area (Å²) in [5.74, 6) is 1.99. The minimum Gasteiger partial charge on any atom is -0.461 e. The maximum atomic E-state index is 5.78. The van der Waals surface area contributed by atoms with Gasteiger partial charge < -0.3 is 9.40 Å². The molecule has 0 bridgehead atoms. The molecule has 0 amide bonds. The fourth-order valence-corrected chi connectivity index (χ4v) is 1.84. The summed E-state index contributed by atoms with van der Waals surface area (Å²) >= 11 is 5.78. The molecule has 3 rings (SSSR count). The molecule has 3 aromatic rings. The van der Waals surface area contributed by atoms with E-state index >= 15 is 0 Å². The van der Waals surface area contributed by atoms with E-state index in [0.717, 1.165) is 28.2 Å². The molecular formula is C12H9ClN2O. The van der Waals surface area contributed by atoms with E-state index < -0.39 is 0 Å². The van der Waals surface area contributed by atoms with Crippen LogP contribution in [0.2, 0.25) is 0 Å². The van der Waals surface area contributed by atoms with Crippen LogP contribution in [0.15, 0.2) is 41.0 Å². The van der Waals surface area contributed by atoms with E-state index in [4.69, 9.17) is 16.0 Å². The zero-order chi connectivity index (χ0) is 11.0. The fraction of sp³-hybridized carbons (Fsp3) is 0.0833. The number of nitrogens with one attached hydrogen (secondary N) is 1. The molecule has 0 aliphatic carbocycles. The van der Waals surface area contributed by atoms with Crippen molar-refractivity contribution in [2.75, 3.05) is 0 Å². The van der Waals surface area contributed by atoms with Crippen molar-refractivity contribution >= 4 is 22.6 Å². The number of aromatic nitrogens is 2. The monoisotopic (exact) mass is 232 g/mol. The summed E-state index contributed by atoms with van der Waals surface area (Å²) in [4.78, 5) is 7.65. The Hall–Kier alpha value is -1.74. The highest BCUT2D eigenvalue weighted by Crippen LogP contribution is 2.21. The van der Waals surface area contributed by atoms with E-state index in [1.165, 1.54) is 0 Å². The molecule has 1 aromatic carbocycles. The molecule has 0 fully saturated rings. The van der Waals surface area contributed by atoms with E-state index in [2.05, 4.69) is 9.97 Å². The zero-order valence-electron chi connectivity index (χ0n) is 8.40. The number of fused-ring (bicyclic) bond motifs is 1. The van der Waals surface area contributed by atoms with Gasteiger partial charge in [0.1, 0.15) is 0 Å². The summed E-state index contributed by atoms with van der Waals surface area (Å²) in [5.41, 5.74) is 2.97. The summed E-state index contributed by atoms with van der Waals surface area (Å²) in [6, 6.07) is 9.65. The van der Waals surface area contributed by atoms with Crippen molar-refractivity contribution in [3.8, 4) is 11.6 Å². The van der Waals surface area contributed by atoms with Crippen LogP contribution in [-0.4, -0.2) is 9.97 Å². The van der Waals surface area contributed by atoms with Crippen molar-refractivity contribution < 1.29 is 4.42 Å². The minimum atomic E-state index is 0.505. The van der Waals surface area contributed by atoms with Crippen LogP contribution < -0.4 is 0 Å². The molecule has 16 heavy (non-hydrogen) atoms. The summed E-state index contributed by atoms with van der Waals surface area (Å²) in [6.07, 6.45) is 1.63. The number of alkyl halides is 1. The molecule has 0 aliphatic heterocycles. The highest BCUT2D eigenvalue weighted by Gasteiger charge is 2.07. The molecule has 4 heteroatoms. The lowest BCUT2D eigenvalue weighted by Crippen LogP contribution is -1.76. The first kappa shape index (κ1) is 9.48. The number of halogens is 1. The van der Waals surface area contributed by atoms with Crippen LogP contribution in [0.5, 0.6) is 0 Å². The summed E-state index contributed by atoms with van der Waals surface area (Å²) in [6.45, 7) is 0. The number of hydrogen-bond acceptors (Lipinski definition) is 2. The van der Waals surface area contributed by atoms with Gasteiger partial charge >= 0.3 is 0 Å². The molecule has 1 N–H and O–H groups in total. The van der Waals surface area contributed by atoms with Crippen molar-refractivity contribution in [3.63, 3.8) is 0 Å². The fourth-order valence-electron chi connectivity index (χ4n) is 1.67. The first-order valence-electron chi connectivity index (χ1n) is 4.95. The Balaban J connectivity index is 2.16. The Labute approximate surface area is 97.1 Å². The molecule has 3 nitrogen and oxygen atoms in total. The second-order valence-corrected chi connectivity index (χ2v) is 3.82. The zero-order valence-corrected chi connectivity index (χ0v) is 9.16. The molecule has 0 radical (unpaired) electrons. The Morgan fingerprint density at radius 1 is 1.31 bits per heavy atom. The number of H-pyrrole nitrogens is 1. The number of hydrogen-bond donors (Lipinski definition) is 1. The Morgan fingerprint density at radius 2 is 2.25 bits per heavy atom. The number of aromatic amines is 1. The highest BCUT2D eigenvalue weighted by molar-refractivity contribution is 6.17. The van der Waals surface area contributed by atoms with Crippen LogP contribution in [0.1, 0.15) is 5.56 Å². The number of rotatable bonds is 2. The molecule has 2 heterocycles. The van der Waals surface area contributed by atoms with E-state index in [0.29, 0.717) is 5.88 Å². The van der Waals surface area contributed by atoms with Gasteiger partial charge in [0.2, 0.25) is 0 Å². The van der Waals surface area contributed by atoms with Crippen molar-refractivity contribution in [2.45, 2.75) is 5.88 Å². The first-order valence-corrected chi connectivity index (χ1v) is 5.49. The van der Waals surface area contributed by atoms with Crippen molar-refractivity contribution in [1.82, 2.24) is 9.97 Å². The second kappa shape index (κ2) is 3.68. The quantitative estimate of drug-likeness (QED) is 0.687. The van der Waals surface area contributed by atoms with Gasteiger partial charge in [-0.3, -0.25) is 0 Å². The maximum absolute atomic E-state index is 5.78. The average molecular weight is 233 g/mol. The van der Waals surface area contributed by atoms with Crippen LogP contribution in [0.3, 0.4) is 0 Å². The maximum Gasteiger partial charge on any atom is 0.174 e. The third-order valence-corrected chi connectivity index (χ3v) is 2.76. The van der Waals surface area contributed by atoms with E-state index in [1.807, 2.05) is 30.3 Å². The van der Waals surface area contributed by atoms with Gasteiger partial charge in [0.05, 0.1) is 17.3 Å². The van der Waals surface area contributed by atoms with Crippen LogP contribution in [0.25, 0.3) is 22.6 Å². The van der Waals surface area contributed by atoms with Gasteiger partial charge in [-0.05, 0) is 29.8 Å². The molecule has 0 atom stereocenters. The Bertz CT molecular complexity index is 613. The molecular weight excluding hydrogens is 224 g/mol. The molecule has 0 spiro atoms. The molecule has 2 aromatic heterocycles. The second-order valence-electron chi connectivity index (χ2n) is 3.55. The number of benzene rings is 1.